The largest absolute Gasteiger partial charge is 0.326 e. The molecule has 5 rings (SSSR count). The van der Waals surface area contributed by atoms with E-state index in [9.17, 15) is 4.79 Å². The number of nitrogens with zero attached hydrogens (tertiary/aromatic N) is 3. The van der Waals surface area contributed by atoms with E-state index in [1.54, 1.807) is 23.1 Å². The number of amides is 1. The SMILES string of the molecule is Cc1sc(-c2ccccc2)nc1-c1ccc(NC(=O)CC2=CSC3=NCCN23)cc1. The van der Waals surface area contributed by atoms with Crippen molar-refractivity contribution in [2.24, 2.45) is 4.99 Å². The van der Waals surface area contributed by atoms with E-state index in [-0.39, 0.29) is 5.91 Å². The third-order valence-corrected chi connectivity index (χ3v) is 7.02. The lowest BCUT2D eigenvalue weighted by molar-refractivity contribution is -0.115. The highest BCUT2D eigenvalue weighted by Crippen LogP contribution is 2.34. The molecule has 1 amide bonds. The van der Waals surface area contributed by atoms with E-state index < -0.39 is 0 Å². The van der Waals surface area contributed by atoms with Crippen molar-refractivity contribution in [3.05, 3.63) is 70.6 Å². The maximum atomic E-state index is 12.5. The molecule has 0 unspecified atom stereocenters. The van der Waals surface area contributed by atoms with Gasteiger partial charge in [0, 0.05) is 33.9 Å². The van der Waals surface area contributed by atoms with Gasteiger partial charge in [-0.15, -0.1) is 11.3 Å². The minimum atomic E-state index is -0.0149. The van der Waals surface area contributed by atoms with Gasteiger partial charge in [0.1, 0.15) is 5.01 Å². The molecule has 5 nitrogen and oxygen atoms in total. The van der Waals surface area contributed by atoms with Gasteiger partial charge in [-0.05, 0) is 24.5 Å². The highest BCUT2D eigenvalue weighted by atomic mass is 32.2. The van der Waals surface area contributed by atoms with Crippen LogP contribution in [0.5, 0.6) is 0 Å². The van der Waals surface area contributed by atoms with Crippen molar-refractivity contribution in [1.82, 2.24) is 9.88 Å². The summed E-state index contributed by atoms with van der Waals surface area (Å²) in [5.41, 5.74) is 4.99. The van der Waals surface area contributed by atoms with Crippen LogP contribution in [-0.2, 0) is 4.79 Å². The molecule has 0 aliphatic carbocycles. The van der Waals surface area contributed by atoms with Crippen LogP contribution in [0.4, 0.5) is 5.69 Å². The number of carbonyl (C=O) groups is 1. The molecule has 2 aliphatic rings. The normalized spacial score (nSPS) is 15.0. The Bertz CT molecular complexity index is 1150. The molecule has 7 heteroatoms. The van der Waals surface area contributed by atoms with Gasteiger partial charge in [0.05, 0.1) is 18.7 Å². The summed E-state index contributed by atoms with van der Waals surface area (Å²) in [5.74, 6) is -0.0149. The second-order valence-corrected chi connectivity index (χ2v) is 9.17. The zero-order valence-electron chi connectivity index (χ0n) is 16.5. The second kappa shape index (κ2) is 8.08. The van der Waals surface area contributed by atoms with Crippen molar-refractivity contribution in [2.45, 2.75) is 13.3 Å². The predicted molar refractivity (Wildman–Crippen MR) is 126 cm³/mol. The minimum Gasteiger partial charge on any atom is -0.326 e. The van der Waals surface area contributed by atoms with Gasteiger partial charge >= 0.3 is 0 Å². The Morgan fingerprint density at radius 2 is 1.90 bits per heavy atom. The highest BCUT2D eigenvalue weighted by molar-refractivity contribution is 8.16. The standard InChI is InChI=1S/C23H20N4OS2/c1-15-21(26-22(30-15)17-5-3-2-4-6-17)16-7-9-18(10-8-16)25-20(28)13-19-14-29-23-24-11-12-27(19)23/h2-10,14H,11-13H2,1H3,(H,25,28). The number of aryl methyl sites for hydroxylation is 1. The van der Waals surface area contributed by atoms with Crippen LogP contribution in [0.1, 0.15) is 11.3 Å². The summed E-state index contributed by atoms with van der Waals surface area (Å²) in [7, 11) is 0. The molecule has 30 heavy (non-hydrogen) atoms. The van der Waals surface area contributed by atoms with E-state index >= 15 is 0 Å². The number of aromatic nitrogens is 1. The molecular weight excluding hydrogens is 412 g/mol. The van der Waals surface area contributed by atoms with Gasteiger partial charge in [-0.3, -0.25) is 9.79 Å². The van der Waals surface area contributed by atoms with Gasteiger partial charge in [0.25, 0.3) is 0 Å². The van der Waals surface area contributed by atoms with Crippen molar-refractivity contribution >= 4 is 39.9 Å². The summed E-state index contributed by atoms with van der Waals surface area (Å²) < 4.78 is 0. The lowest BCUT2D eigenvalue weighted by Crippen LogP contribution is -2.24. The average Bonchev–Trinajstić information content (AvgIpc) is 3.47. The van der Waals surface area contributed by atoms with Gasteiger partial charge in [-0.1, -0.05) is 54.2 Å². The van der Waals surface area contributed by atoms with E-state index in [4.69, 9.17) is 4.98 Å². The Morgan fingerprint density at radius 3 is 2.70 bits per heavy atom. The summed E-state index contributed by atoms with van der Waals surface area (Å²) in [6.45, 7) is 3.78. The first kappa shape index (κ1) is 19.1. The summed E-state index contributed by atoms with van der Waals surface area (Å²) >= 11 is 3.30. The average molecular weight is 433 g/mol. The monoisotopic (exact) mass is 432 g/mol. The van der Waals surface area contributed by atoms with Crippen LogP contribution in [0.2, 0.25) is 0 Å². The Kier molecular flexibility index (Phi) is 5.14. The molecular formula is C23H20N4OS2. The minimum absolute atomic E-state index is 0.0149. The summed E-state index contributed by atoms with van der Waals surface area (Å²) in [5, 5.41) is 7.05. The van der Waals surface area contributed by atoms with Gasteiger partial charge in [-0.2, -0.15) is 0 Å². The Morgan fingerprint density at radius 1 is 1.10 bits per heavy atom. The van der Waals surface area contributed by atoms with Crippen LogP contribution in [0.15, 0.2) is 70.7 Å². The van der Waals surface area contributed by atoms with Crippen molar-refractivity contribution in [2.75, 3.05) is 18.4 Å². The van der Waals surface area contributed by atoms with Crippen molar-refractivity contribution in [3.63, 3.8) is 0 Å². The third-order valence-electron chi connectivity index (χ3n) is 5.05. The number of aliphatic imine (C=N–C) groups is 1. The third kappa shape index (κ3) is 3.78. The zero-order valence-corrected chi connectivity index (χ0v) is 18.1. The predicted octanol–water partition coefficient (Wildman–Crippen LogP) is 5.37. The van der Waals surface area contributed by atoms with Crippen LogP contribution in [0.25, 0.3) is 21.8 Å². The number of thiazole rings is 1. The molecule has 0 radical (unpaired) electrons. The molecule has 3 aromatic rings. The number of rotatable bonds is 5. The number of hydrogen-bond donors (Lipinski definition) is 1. The van der Waals surface area contributed by atoms with E-state index in [1.165, 1.54) is 4.88 Å². The Hall–Kier alpha value is -2.90. The summed E-state index contributed by atoms with van der Waals surface area (Å²) in [6.07, 6.45) is 0.361. The summed E-state index contributed by atoms with van der Waals surface area (Å²) in [6, 6.07) is 18.1. The lowest BCUT2D eigenvalue weighted by Gasteiger charge is -2.16. The maximum absolute atomic E-state index is 12.5. The highest BCUT2D eigenvalue weighted by Gasteiger charge is 2.27. The number of amidine groups is 1. The van der Waals surface area contributed by atoms with E-state index in [1.807, 2.05) is 47.9 Å². The van der Waals surface area contributed by atoms with Crippen molar-refractivity contribution < 1.29 is 4.79 Å². The molecule has 0 spiro atoms. The van der Waals surface area contributed by atoms with Crippen molar-refractivity contribution in [1.29, 1.82) is 0 Å². The van der Waals surface area contributed by atoms with Crippen molar-refractivity contribution in [3.8, 4) is 21.8 Å². The maximum Gasteiger partial charge on any atom is 0.230 e. The molecule has 2 aliphatic heterocycles. The molecule has 0 saturated heterocycles. The summed E-state index contributed by atoms with van der Waals surface area (Å²) in [4.78, 5) is 25.1. The molecule has 1 N–H and O–H groups in total. The topological polar surface area (TPSA) is 57.6 Å². The fourth-order valence-corrected chi connectivity index (χ4v) is 5.46. The zero-order chi connectivity index (χ0) is 20.5. The molecule has 0 fully saturated rings. The smallest absolute Gasteiger partial charge is 0.230 e. The number of hydrogen-bond acceptors (Lipinski definition) is 6. The lowest BCUT2D eigenvalue weighted by atomic mass is 10.1. The number of fused-ring (bicyclic) bond motifs is 1. The van der Waals surface area contributed by atoms with Crippen LogP contribution < -0.4 is 5.32 Å². The number of nitrogens with one attached hydrogen (secondary N) is 1. The number of thioether (sulfide) groups is 1. The van der Waals surface area contributed by atoms with Gasteiger partial charge in [0.15, 0.2) is 5.17 Å². The Balaban J connectivity index is 1.26. The van der Waals surface area contributed by atoms with Crippen LogP contribution >= 0.6 is 23.1 Å². The van der Waals surface area contributed by atoms with Gasteiger partial charge < -0.3 is 10.2 Å². The van der Waals surface area contributed by atoms with Crippen LogP contribution in [0, 0.1) is 6.92 Å². The molecule has 2 aromatic carbocycles. The van der Waals surface area contributed by atoms with Gasteiger partial charge in [-0.25, -0.2) is 4.98 Å². The van der Waals surface area contributed by atoms with E-state index in [0.717, 1.165) is 51.5 Å². The second-order valence-electron chi connectivity index (χ2n) is 7.14. The molecule has 3 heterocycles. The molecule has 0 atom stereocenters. The number of benzene rings is 2. The quantitative estimate of drug-likeness (QED) is 0.589. The fourth-order valence-electron chi connectivity index (χ4n) is 3.56. The molecule has 150 valence electrons. The number of carbonyl (C=O) groups excluding carboxylic acids is 1. The fraction of sp³-hybridized carbons (Fsp3) is 0.174. The number of anilines is 1. The first-order chi connectivity index (χ1) is 14.7. The van der Waals surface area contributed by atoms with E-state index in [2.05, 4.69) is 34.3 Å². The van der Waals surface area contributed by atoms with Crippen LogP contribution in [-0.4, -0.2) is 34.0 Å². The van der Waals surface area contributed by atoms with E-state index in [0.29, 0.717) is 6.42 Å². The first-order valence-corrected chi connectivity index (χ1v) is 11.5. The Labute approximate surface area is 183 Å². The van der Waals surface area contributed by atoms with Gasteiger partial charge in [0.2, 0.25) is 5.91 Å². The molecule has 1 aromatic heterocycles. The van der Waals surface area contributed by atoms with Crippen LogP contribution in [0.3, 0.4) is 0 Å². The molecule has 0 saturated carbocycles. The first-order valence-electron chi connectivity index (χ1n) is 9.78. The molecule has 0 bridgehead atoms.